The van der Waals surface area contributed by atoms with Crippen molar-refractivity contribution in [3.05, 3.63) is 30.0 Å². The zero-order valence-corrected chi connectivity index (χ0v) is 10.5. The van der Waals surface area contributed by atoms with Gasteiger partial charge in [-0.15, -0.1) is 0 Å². The summed E-state index contributed by atoms with van der Waals surface area (Å²) in [6, 6.07) is 8.34. The highest BCUT2D eigenvalue weighted by molar-refractivity contribution is 5.81. The van der Waals surface area contributed by atoms with E-state index < -0.39 is 0 Å². The summed E-state index contributed by atoms with van der Waals surface area (Å²) in [6.07, 6.45) is 0. The van der Waals surface area contributed by atoms with Gasteiger partial charge in [0.25, 0.3) is 0 Å². The molecule has 0 saturated carbocycles. The van der Waals surface area contributed by atoms with Gasteiger partial charge < -0.3 is 10.6 Å². The Morgan fingerprint density at radius 3 is 2.76 bits per heavy atom. The van der Waals surface area contributed by atoms with Crippen LogP contribution in [0.5, 0.6) is 0 Å². The molecule has 2 N–H and O–H groups in total. The summed E-state index contributed by atoms with van der Waals surface area (Å²) < 4.78 is 1.94. The molecular formula is C13H20N4. The van der Waals surface area contributed by atoms with Crippen molar-refractivity contribution in [2.75, 3.05) is 19.6 Å². The summed E-state index contributed by atoms with van der Waals surface area (Å²) in [5.74, 6) is 0. The number of aryl methyl sites for hydroxylation is 1. The Labute approximate surface area is 102 Å². The largest absolute Gasteiger partial charge is 0.316 e. The molecule has 1 aromatic heterocycles. The molecule has 0 aliphatic rings. The van der Waals surface area contributed by atoms with Gasteiger partial charge in [0.2, 0.25) is 0 Å². The lowest BCUT2D eigenvalue weighted by Crippen LogP contribution is -2.26. The zero-order chi connectivity index (χ0) is 12.1. The number of hydrogen-bond donors (Lipinski definition) is 2. The number of hydrogen-bond acceptors (Lipinski definition) is 3. The van der Waals surface area contributed by atoms with Crippen molar-refractivity contribution < 1.29 is 0 Å². The second-order valence-corrected chi connectivity index (χ2v) is 4.12. The summed E-state index contributed by atoms with van der Waals surface area (Å²) in [4.78, 5) is 0. The molecule has 0 saturated heterocycles. The molecular weight excluding hydrogens is 212 g/mol. The Morgan fingerprint density at radius 1 is 1.18 bits per heavy atom. The van der Waals surface area contributed by atoms with Crippen molar-refractivity contribution >= 4 is 10.9 Å². The standard InChI is InChI=1S/C13H20N4/c1-3-14-8-9-15-10-12-11-6-4-5-7-13(11)17(2)16-12/h4-7,14-15H,3,8-10H2,1-2H3. The summed E-state index contributed by atoms with van der Waals surface area (Å²) in [6.45, 7) is 5.94. The molecule has 1 aromatic carbocycles. The molecule has 2 rings (SSSR count). The van der Waals surface area contributed by atoms with E-state index in [2.05, 4.69) is 40.9 Å². The van der Waals surface area contributed by atoms with Crippen molar-refractivity contribution in [3.8, 4) is 0 Å². The molecule has 92 valence electrons. The van der Waals surface area contributed by atoms with Gasteiger partial charge in [0.15, 0.2) is 0 Å². The molecule has 4 nitrogen and oxygen atoms in total. The van der Waals surface area contributed by atoms with Gasteiger partial charge in [-0.3, -0.25) is 4.68 Å². The second kappa shape index (κ2) is 5.80. The van der Waals surface area contributed by atoms with Crippen LogP contribution in [0.15, 0.2) is 24.3 Å². The number of para-hydroxylation sites is 1. The fraction of sp³-hybridized carbons (Fsp3) is 0.462. The normalized spacial score (nSPS) is 11.2. The van der Waals surface area contributed by atoms with Gasteiger partial charge in [-0.25, -0.2) is 0 Å². The van der Waals surface area contributed by atoms with Crippen LogP contribution in [0.1, 0.15) is 12.6 Å². The van der Waals surface area contributed by atoms with Crippen LogP contribution in [0.4, 0.5) is 0 Å². The van der Waals surface area contributed by atoms with E-state index in [1.54, 1.807) is 0 Å². The van der Waals surface area contributed by atoms with Gasteiger partial charge in [0.05, 0.1) is 11.2 Å². The Morgan fingerprint density at radius 2 is 1.94 bits per heavy atom. The average Bonchev–Trinajstić information content (AvgIpc) is 2.67. The molecule has 0 unspecified atom stereocenters. The lowest BCUT2D eigenvalue weighted by atomic mass is 10.2. The summed E-state index contributed by atoms with van der Waals surface area (Å²) in [7, 11) is 1.99. The number of benzene rings is 1. The van der Waals surface area contributed by atoms with E-state index in [4.69, 9.17) is 0 Å². The minimum Gasteiger partial charge on any atom is -0.316 e. The van der Waals surface area contributed by atoms with Gasteiger partial charge in [0.1, 0.15) is 0 Å². The highest BCUT2D eigenvalue weighted by Crippen LogP contribution is 2.16. The summed E-state index contributed by atoms with van der Waals surface area (Å²) in [5, 5.41) is 12.5. The topological polar surface area (TPSA) is 41.9 Å². The fourth-order valence-corrected chi connectivity index (χ4v) is 1.98. The summed E-state index contributed by atoms with van der Waals surface area (Å²) in [5.41, 5.74) is 2.32. The first-order valence-corrected chi connectivity index (χ1v) is 6.15. The van der Waals surface area contributed by atoms with E-state index in [1.165, 1.54) is 10.9 Å². The van der Waals surface area contributed by atoms with Gasteiger partial charge in [-0.05, 0) is 12.6 Å². The number of nitrogens with one attached hydrogen (secondary N) is 2. The maximum Gasteiger partial charge on any atom is 0.0841 e. The molecule has 0 amide bonds. The van der Waals surface area contributed by atoms with Crippen LogP contribution in [0, 0.1) is 0 Å². The number of rotatable bonds is 6. The first-order chi connectivity index (χ1) is 8.33. The smallest absolute Gasteiger partial charge is 0.0841 e. The van der Waals surface area contributed by atoms with E-state index in [0.29, 0.717) is 0 Å². The minimum atomic E-state index is 0.826. The quantitative estimate of drug-likeness (QED) is 0.737. The SMILES string of the molecule is CCNCCNCc1nn(C)c2ccccc12. The highest BCUT2D eigenvalue weighted by Gasteiger charge is 2.06. The maximum absolute atomic E-state index is 4.54. The predicted molar refractivity (Wildman–Crippen MR) is 71.0 cm³/mol. The second-order valence-electron chi connectivity index (χ2n) is 4.12. The van der Waals surface area contributed by atoms with Crippen LogP contribution in [0.3, 0.4) is 0 Å². The third-order valence-corrected chi connectivity index (χ3v) is 2.86. The molecule has 1 heterocycles. The molecule has 17 heavy (non-hydrogen) atoms. The van der Waals surface area contributed by atoms with Gasteiger partial charge >= 0.3 is 0 Å². The Kier molecular flexibility index (Phi) is 4.12. The molecule has 0 radical (unpaired) electrons. The number of likely N-dealkylation sites (N-methyl/N-ethyl adjacent to an activating group) is 1. The summed E-state index contributed by atoms with van der Waals surface area (Å²) >= 11 is 0. The van der Waals surface area contributed by atoms with Crippen molar-refractivity contribution in [1.29, 1.82) is 0 Å². The maximum atomic E-state index is 4.54. The lowest BCUT2D eigenvalue weighted by Gasteiger charge is -2.03. The Balaban J connectivity index is 1.99. The van der Waals surface area contributed by atoms with E-state index in [0.717, 1.165) is 31.9 Å². The van der Waals surface area contributed by atoms with Crippen LogP contribution < -0.4 is 10.6 Å². The molecule has 0 aliphatic heterocycles. The van der Waals surface area contributed by atoms with Crippen LogP contribution in [0.25, 0.3) is 10.9 Å². The third kappa shape index (κ3) is 2.84. The van der Waals surface area contributed by atoms with E-state index in [9.17, 15) is 0 Å². The van der Waals surface area contributed by atoms with Crippen molar-refractivity contribution in [1.82, 2.24) is 20.4 Å². The van der Waals surface area contributed by atoms with Crippen molar-refractivity contribution in [3.63, 3.8) is 0 Å². The predicted octanol–water partition coefficient (Wildman–Crippen LogP) is 1.27. The van der Waals surface area contributed by atoms with Crippen LogP contribution in [-0.4, -0.2) is 29.4 Å². The van der Waals surface area contributed by atoms with E-state index in [-0.39, 0.29) is 0 Å². The molecule has 0 aliphatic carbocycles. The van der Waals surface area contributed by atoms with Crippen molar-refractivity contribution in [2.24, 2.45) is 7.05 Å². The average molecular weight is 232 g/mol. The van der Waals surface area contributed by atoms with Gasteiger partial charge in [-0.1, -0.05) is 25.1 Å². The van der Waals surface area contributed by atoms with Crippen LogP contribution in [-0.2, 0) is 13.6 Å². The van der Waals surface area contributed by atoms with E-state index >= 15 is 0 Å². The molecule has 0 spiro atoms. The fourth-order valence-electron chi connectivity index (χ4n) is 1.98. The van der Waals surface area contributed by atoms with Crippen LogP contribution >= 0.6 is 0 Å². The van der Waals surface area contributed by atoms with Crippen LogP contribution in [0.2, 0.25) is 0 Å². The lowest BCUT2D eigenvalue weighted by molar-refractivity contribution is 0.613. The minimum absolute atomic E-state index is 0.826. The molecule has 0 fully saturated rings. The first-order valence-electron chi connectivity index (χ1n) is 6.15. The van der Waals surface area contributed by atoms with Gasteiger partial charge in [0, 0.05) is 32.1 Å². The number of aromatic nitrogens is 2. The van der Waals surface area contributed by atoms with Gasteiger partial charge in [-0.2, -0.15) is 5.10 Å². The van der Waals surface area contributed by atoms with E-state index in [1.807, 2.05) is 17.8 Å². The molecule has 2 aromatic rings. The highest BCUT2D eigenvalue weighted by atomic mass is 15.3. The number of nitrogens with zero attached hydrogens (tertiary/aromatic N) is 2. The van der Waals surface area contributed by atoms with Crippen molar-refractivity contribution in [2.45, 2.75) is 13.5 Å². The third-order valence-electron chi connectivity index (χ3n) is 2.86. The first kappa shape index (κ1) is 12.1. The molecule has 0 bridgehead atoms. The zero-order valence-electron chi connectivity index (χ0n) is 10.5. The Bertz CT molecular complexity index is 475. The molecule has 0 atom stereocenters. The molecule has 4 heteroatoms. The Hall–Kier alpha value is -1.39. The monoisotopic (exact) mass is 232 g/mol. The number of fused-ring (bicyclic) bond motifs is 1.